The van der Waals surface area contributed by atoms with Crippen molar-refractivity contribution in [2.24, 2.45) is 23.7 Å². The summed E-state index contributed by atoms with van der Waals surface area (Å²) in [5.41, 5.74) is 2.65. The van der Waals surface area contributed by atoms with Crippen LogP contribution in [0.2, 0.25) is 0 Å². The molecule has 5 heteroatoms. The first-order valence-electron chi connectivity index (χ1n) is 13.6. The third kappa shape index (κ3) is 6.99. The smallest absolute Gasteiger partial charge is 0.344 e. The Balaban J connectivity index is 1.53. The van der Waals surface area contributed by atoms with Crippen LogP contribution in [0.25, 0.3) is 0 Å². The number of nitrogens with one attached hydrogen (secondary N) is 1. The molecule has 190 valence electrons. The summed E-state index contributed by atoms with van der Waals surface area (Å²) in [6.45, 7) is 5.82. The van der Waals surface area contributed by atoms with Gasteiger partial charge in [0.1, 0.15) is 5.75 Å². The van der Waals surface area contributed by atoms with Crippen LogP contribution in [0.4, 0.5) is 0 Å². The van der Waals surface area contributed by atoms with Gasteiger partial charge in [0.05, 0.1) is 0 Å². The first-order chi connectivity index (χ1) is 16.4. The number of carbonyl (C=O) groups is 2. The average molecular weight is 472 g/mol. The zero-order valence-electron chi connectivity index (χ0n) is 21.7. The Morgan fingerprint density at radius 2 is 1.82 bits per heavy atom. The normalized spacial score (nSPS) is 22.1. The average Bonchev–Trinajstić information content (AvgIpc) is 3.23. The predicted molar refractivity (Wildman–Crippen MR) is 136 cm³/mol. The molecule has 3 rings (SSSR count). The van der Waals surface area contributed by atoms with Crippen molar-refractivity contribution in [3.63, 3.8) is 0 Å². The molecule has 1 saturated carbocycles. The Labute approximate surface area is 206 Å². The molecule has 1 fully saturated rings. The van der Waals surface area contributed by atoms with Crippen LogP contribution in [0.5, 0.6) is 5.75 Å². The summed E-state index contributed by atoms with van der Waals surface area (Å²) in [5.74, 6) is 2.29. The first kappa shape index (κ1) is 26.6. The molecular weight excluding hydrogens is 426 g/mol. The van der Waals surface area contributed by atoms with E-state index in [1.165, 1.54) is 68.9 Å². The highest BCUT2D eigenvalue weighted by Gasteiger charge is 2.39. The molecule has 0 aromatic heterocycles. The molecule has 0 saturated heterocycles. The van der Waals surface area contributed by atoms with Gasteiger partial charge in [0.25, 0.3) is 5.91 Å². The largest absolute Gasteiger partial charge is 0.482 e. The molecule has 2 aliphatic rings. The quantitative estimate of drug-likeness (QED) is 0.289. The van der Waals surface area contributed by atoms with Gasteiger partial charge in [-0.15, -0.1) is 0 Å². The molecule has 0 aliphatic heterocycles. The molecule has 1 aromatic carbocycles. The standard InChI is InChI=1S/C29H45NO4/c1-5-6-7-8-9-10-12-21-15-16-23-18-25-22(17-24(21)23)13-11-14-26(25)33-19-27(31)34-28(20(2)3)29(32)30-4/h11,13-14,20-21,23-24,28H,5-10,12,15-19H2,1-4H3,(H,30,32)/t21-,23+,24+,28?/m0/s1. The molecule has 0 bridgehead atoms. The molecule has 2 aliphatic carbocycles. The number of hydrogen-bond acceptors (Lipinski definition) is 4. The van der Waals surface area contributed by atoms with Crippen molar-refractivity contribution < 1.29 is 19.1 Å². The fourth-order valence-electron chi connectivity index (χ4n) is 6.01. The molecule has 4 atom stereocenters. The predicted octanol–water partition coefficient (Wildman–Crippen LogP) is 5.87. The molecule has 1 aromatic rings. The van der Waals surface area contributed by atoms with Crippen LogP contribution in [0.15, 0.2) is 18.2 Å². The molecule has 5 nitrogen and oxygen atoms in total. The van der Waals surface area contributed by atoms with E-state index < -0.39 is 12.1 Å². The number of likely N-dealkylation sites (N-methyl/N-ethyl adjacent to an activating group) is 1. The zero-order valence-corrected chi connectivity index (χ0v) is 21.7. The summed E-state index contributed by atoms with van der Waals surface area (Å²) in [6, 6.07) is 6.24. The lowest BCUT2D eigenvalue weighted by Crippen LogP contribution is -2.40. The van der Waals surface area contributed by atoms with Gasteiger partial charge in [-0.3, -0.25) is 4.79 Å². The number of ether oxygens (including phenoxy) is 2. The van der Waals surface area contributed by atoms with E-state index in [2.05, 4.69) is 18.3 Å². The Kier molecular flexibility index (Phi) is 10.3. The number of amides is 1. The SMILES string of the molecule is CCCCCCCC[C@H]1CC[C@@H]2Cc3c(cccc3OCC(=O)OC(C(=O)NC)C(C)C)C[C@H]12. The molecule has 34 heavy (non-hydrogen) atoms. The number of unbranched alkanes of at least 4 members (excludes halogenated alkanes) is 5. The van der Waals surface area contributed by atoms with Gasteiger partial charge < -0.3 is 14.8 Å². The van der Waals surface area contributed by atoms with Gasteiger partial charge in [-0.1, -0.05) is 77.8 Å². The molecule has 0 spiro atoms. The van der Waals surface area contributed by atoms with Crippen LogP contribution in [0, 0.1) is 23.7 Å². The molecule has 0 heterocycles. The van der Waals surface area contributed by atoms with Crippen LogP contribution >= 0.6 is 0 Å². The summed E-state index contributed by atoms with van der Waals surface area (Å²) in [7, 11) is 1.55. The molecule has 0 radical (unpaired) electrons. The minimum absolute atomic E-state index is 0.100. The Hall–Kier alpha value is -2.04. The van der Waals surface area contributed by atoms with Crippen LogP contribution in [0.1, 0.15) is 89.7 Å². The summed E-state index contributed by atoms with van der Waals surface area (Å²) in [5, 5.41) is 2.56. The summed E-state index contributed by atoms with van der Waals surface area (Å²) in [6.07, 6.45) is 13.7. The highest BCUT2D eigenvalue weighted by molar-refractivity contribution is 5.84. The third-order valence-corrected chi connectivity index (χ3v) is 7.91. The Morgan fingerprint density at radius 3 is 2.56 bits per heavy atom. The number of fused-ring (bicyclic) bond motifs is 2. The van der Waals surface area contributed by atoms with E-state index >= 15 is 0 Å². The van der Waals surface area contributed by atoms with Gasteiger partial charge in [0, 0.05) is 7.05 Å². The summed E-state index contributed by atoms with van der Waals surface area (Å²) >= 11 is 0. The topological polar surface area (TPSA) is 64.6 Å². The number of rotatable bonds is 13. The maximum Gasteiger partial charge on any atom is 0.344 e. The highest BCUT2D eigenvalue weighted by atomic mass is 16.6. The van der Waals surface area contributed by atoms with Crippen molar-refractivity contribution >= 4 is 11.9 Å². The fraction of sp³-hybridized carbons (Fsp3) is 0.724. The van der Waals surface area contributed by atoms with Crippen molar-refractivity contribution in [3.8, 4) is 5.75 Å². The van der Waals surface area contributed by atoms with E-state index in [-0.39, 0.29) is 18.4 Å². The number of carbonyl (C=O) groups excluding carboxylic acids is 2. The lowest BCUT2D eigenvalue weighted by Gasteiger charge is -2.32. The van der Waals surface area contributed by atoms with Gasteiger partial charge in [0.2, 0.25) is 0 Å². The van der Waals surface area contributed by atoms with E-state index in [0.29, 0.717) is 0 Å². The summed E-state index contributed by atoms with van der Waals surface area (Å²) < 4.78 is 11.3. The second kappa shape index (κ2) is 13.2. The minimum atomic E-state index is -0.798. The summed E-state index contributed by atoms with van der Waals surface area (Å²) in [4.78, 5) is 24.4. The van der Waals surface area contributed by atoms with Crippen molar-refractivity contribution in [1.29, 1.82) is 0 Å². The van der Waals surface area contributed by atoms with E-state index in [9.17, 15) is 9.59 Å². The second-order valence-corrected chi connectivity index (χ2v) is 10.7. The van der Waals surface area contributed by atoms with E-state index in [0.717, 1.165) is 36.3 Å². The van der Waals surface area contributed by atoms with Crippen LogP contribution in [-0.2, 0) is 27.2 Å². The molecule has 1 unspecified atom stereocenters. The molecule has 1 amide bonds. The zero-order chi connectivity index (χ0) is 24.5. The van der Waals surface area contributed by atoms with Gasteiger partial charge in [-0.05, 0) is 66.5 Å². The van der Waals surface area contributed by atoms with Crippen LogP contribution in [0.3, 0.4) is 0 Å². The number of benzene rings is 1. The highest BCUT2D eigenvalue weighted by Crippen LogP contribution is 2.48. The van der Waals surface area contributed by atoms with Crippen molar-refractivity contribution in [2.75, 3.05) is 13.7 Å². The third-order valence-electron chi connectivity index (χ3n) is 7.91. The van der Waals surface area contributed by atoms with Gasteiger partial charge in [-0.2, -0.15) is 0 Å². The van der Waals surface area contributed by atoms with Crippen molar-refractivity contribution in [1.82, 2.24) is 5.32 Å². The molecule has 1 N–H and O–H groups in total. The lowest BCUT2D eigenvalue weighted by atomic mass is 9.73. The molecular formula is C29H45NO4. The lowest BCUT2D eigenvalue weighted by molar-refractivity contribution is -0.160. The van der Waals surface area contributed by atoms with Crippen LogP contribution < -0.4 is 10.1 Å². The monoisotopic (exact) mass is 471 g/mol. The Bertz CT molecular complexity index is 805. The van der Waals surface area contributed by atoms with E-state index in [1.807, 2.05) is 26.0 Å². The van der Waals surface area contributed by atoms with E-state index in [1.54, 1.807) is 7.05 Å². The maximum absolute atomic E-state index is 12.4. The van der Waals surface area contributed by atoms with Crippen LogP contribution in [-0.4, -0.2) is 31.6 Å². The number of hydrogen-bond donors (Lipinski definition) is 1. The first-order valence-corrected chi connectivity index (χ1v) is 13.6. The van der Waals surface area contributed by atoms with E-state index in [4.69, 9.17) is 9.47 Å². The minimum Gasteiger partial charge on any atom is -0.482 e. The van der Waals surface area contributed by atoms with Gasteiger partial charge >= 0.3 is 5.97 Å². The fourth-order valence-corrected chi connectivity index (χ4v) is 6.01. The van der Waals surface area contributed by atoms with Gasteiger partial charge in [0.15, 0.2) is 12.7 Å². The van der Waals surface area contributed by atoms with Crippen molar-refractivity contribution in [3.05, 3.63) is 29.3 Å². The maximum atomic E-state index is 12.4. The van der Waals surface area contributed by atoms with Gasteiger partial charge in [-0.25, -0.2) is 4.79 Å². The second-order valence-electron chi connectivity index (χ2n) is 10.7. The number of esters is 1. The Morgan fingerprint density at radius 1 is 1.06 bits per heavy atom. The van der Waals surface area contributed by atoms with Crippen molar-refractivity contribution in [2.45, 2.75) is 97.5 Å².